The van der Waals surface area contributed by atoms with E-state index in [1.54, 1.807) is 30.3 Å². The first-order chi connectivity index (χ1) is 11.6. The monoisotopic (exact) mass is 331 g/mol. The third-order valence-electron chi connectivity index (χ3n) is 4.03. The molecule has 0 saturated heterocycles. The van der Waals surface area contributed by atoms with Crippen LogP contribution in [0.1, 0.15) is 67.8 Å². The Morgan fingerprint density at radius 1 is 1.12 bits per heavy atom. The normalized spacial score (nSPS) is 12.4. The molecule has 0 fully saturated rings. The second-order valence-electron chi connectivity index (χ2n) is 6.13. The van der Waals surface area contributed by atoms with Crippen LogP contribution in [-0.4, -0.2) is 22.9 Å². The predicted molar refractivity (Wildman–Crippen MR) is 97.2 cm³/mol. The fourth-order valence-corrected chi connectivity index (χ4v) is 2.59. The molecule has 1 rings (SSSR count). The first kappa shape index (κ1) is 20.1. The molecule has 0 aliphatic carbocycles. The van der Waals surface area contributed by atoms with Crippen LogP contribution >= 0.6 is 0 Å². The van der Waals surface area contributed by atoms with Crippen molar-refractivity contribution in [1.82, 2.24) is 0 Å². The minimum absolute atomic E-state index is 0.0887. The van der Waals surface area contributed by atoms with E-state index in [-0.39, 0.29) is 12.2 Å². The molecule has 0 saturated carbocycles. The summed E-state index contributed by atoms with van der Waals surface area (Å²) in [6.07, 6.45) is 11.9. The van der Waals surface area contributed by atoms with Crippen LogP contribution in [0.15, 0.2) is 36.4 Å². The third-order valence-corrected chi connectivity index (χ3v) is 4.03. The number of nitrogens with two attached hydrogens (primary N) is 1. The number of ketones is 1. The van der Waals surface area contributed by atoms with Gasteiger partial charge in [0.25, 0.3) is 0 Å². The van der Waals surface area contributed by atoms with Crippen molar-refractivity contribution in [3.63, 3.8) is 0 Å². The Hall–Kier alpha value is -1.94. The quantitative estimate of drug-likeness (QED) is 0.343. The number of hydrogen-bond acceptors (Lipinski definition) is 3. The van der Waals surface area contributed by atoms with Crippen LogP contribution in [0.5, 0.6) is 0 Å². The molecule has 132 valence electrons. The van der Waals surface area contributed by atoms with E-state index in [2.05, 4.69) is 6.92 Å². The summed E-state index contributed by atoms with van der Waals surface area (Å²) in [5, 5.41) is 8.93. The Balaban J connectivity index is 2.49. The molecule has 0 radical (unpaired) electrons. The van der Waals surface area contributed by atoms with E-state index in [1.807, 2.05) is 6.08 Å². The molecule has 1 aromatic rings. The van der Waals surface area contributed by atoms with E-state index in [9.17, 15) is 9.59 Å². The van der Waals surface area contributed by atoms with Crippen LogP contribution in [0.25, 0.3) is 0 Å². The molecule has 0 heterocycles. The van der Waals surface area contributed by atoms with Gasteiger partial charge in [0.1, 0.15) is 6.04 Å². The zero-order chi connectivity index (χ0) is 17.8. The Labute approximate surface area is 144 Å². The van der Waals surface area contributed by atoms with Crippen LogP contribution in [0, 0.1) is 0 Å². The summed E-state index contributed by atoms with van der Waals surface area (Å²) in [4.78, 5) is 23.2. The minimum Gasteiger partial charge on any atom is -0.480 e. The summed E-state index contributed by atoms with van der Waals surface area (Å²) >= 11 is 0. The number of rotatable bonds is 12. The average molecular weight is 331 g/mol. The molecule has 4 nitrogen and oxygen atoms in total. The minimum atomic E-state index is -1.06. The van der Waals surface area contributed by atoms with E-state index >= 15 is 0 Å². The highest BCUT2D eigenvalue weighted by Crippen LogP contribution is 2.13. The molecular weight excluding hydrogens is 302 g/mol. The molecule has 3 N–H and O–H groups in total. The molecule has 0 amide bonds. The first-order valence-corrected chi connectivity index (χ1v) is 8.83. The Bertz CT molecular complexity index is 552. The zero-order valence-electron chi connectivity index (χ0n) is 14.5. The molecule has 0 aliphatic heterocycles. The van der Waals surface area contributed by atoms with Crippen LogP contribution in [0.4, 0.5) is 0 Å². The number of carboxylic acids is 1. The lowest BCUT2D eigenvalue weighted by atomic mass is 9.97. The highest BCUT2D eigenvalue weighted by atomic mass is 16.4. The summed E-state index contributed by atoms with van der Waals surface area (Å²) in [5.74, 6) is -1.15. The van der Waals surface area contributed by atoms with Gasteiger partial charge in [0, 0.05) is 5.56 Å². The third kappa shape index (κ3) is 7.55. The number of unbranched alkanes of at least 4 members (excludes halogenated alkanes) is 6. The lowest BCUT2D eigenvalue weighted by Crippen LogP contribution is -2.32. The molecule has 1 aromatic carbocycles. The fourth-order valence-electron chi connectivity index (χ4n) is 2.59. The number of carboxylic acid groups (broad SMARTS) is 1. The zero-order valence-corrected chi connectivity index (χ0v) is 14.5. The molecule has 1 unspecified atom stereocenters. The second kappa shape index (κ2) is 11.6. The van der Waals surface area contributed by atoms with Gasteiger partial charge in [0.15, 0.2) is 5.78 Å². The van der Waals surface area contributed by atoms with E-state index in [4.69, 9.17) is 10.8 Å². The van der Waals surface area contributed by atoms with E-state index in [0.29, 0.717) is 11.1 Å². The van der Waals surface area contributed by atoms with Gasteiger partial charge in [0.2, 0.25) is 0 Å². The van der Waals surface area contributed by atoms with Gasteiger partial charge < -0.3 is 10.8 Å². The Morgan fingerprint density at radius 3 is 2.50 bits per heavy atom. The smallest absolute Gasteiger partial charge is 0.320 e. The molecular formula is C20H29NO3. The van der Waals surface area contributed by atoms with E-state index < -0.39 is 12.0 Å². The summed E-state index contributed by atoms with van der Waals surface area (Å²) in [6, 6.07) is 6.07. The molecule has 0 aliphatic rings. The lowest BCUT2D eigenvalue weighted by Gasteiger charge is -2.10. The number of aliphatic carboxylic acids is 1. The summed E-state index contributed by atoms with van der Waals surface area (Å²) in [5.41, 5.74) is 6.80. The Morgan fingerprint density at radius 2 is 1.79 bits per heavy atom. The van der Waals surface area contributed by atoms with Crippen LogP contribution < -0.4 is 5.73 Å². The maximum atomic E-state index is 12.3. The number of benzene rings is 1. The molecule has 0 spiro atoms. The van der Waals surface area contributed by atoms with Crippen molar-refractivity contribution in [3.05, 3.63) is 47.5 Å². The summed E-state index contributed by atoms with van der Waals surface area (Å²) in [7, 11) is 0. The van der Waals surface area contributed by atoms with Crippen molar-refractivity contribution in [3.8, 4) is 0 Å². The first-order valence-electron chi connectivity index (χ1n) is 8.83. The van der Waals surface area contributed by atoms with E-state index in [1.165, 1.54) is 32.1 Å². The van der Waals surface area contributed by atoms with Gasteiger partial charge in [-0.1, -0.05) is 69.4 Å². The number of allylic oxidation sites excluding steroid dienone is 2. The van der Waals surface area contributed by atoms with Crippen LogP contribution in [0.3, 0.4) is 0 Å². The van der Waals surface area contributed by atoms with Gasteiger partial charge in [0.05, 0.1) is 0 Å². The van der Waals surface area contributed by atoms with Crippen LogP contribution in [-0.2, 0) is 11.2 Å². The highest BCUT2D eigenvalue weighted by Gasteiger charge is 2.16. The van der Waals surface area contributed by atoms with Crippen molar-refractivity contribution in [2.45, 2.75) is 64.3 Å². The van der Waals surface area contributed by atoms with Crippen molar-refractivity contribution in [2.24, 2.45) is 5.73 Å². The van der Waals surface area contributed by atoms with Gasteiger partial charge in [-0.05, 0) is 30.9 Å². The van der Waals surface area contributed by atoms with Gasteiger partial charge in [-0.25, -0.2) is 0 Å². The van der Waals surface area contributed by atoms with Crippen LogP contribution in [0.2, 0.25) is 0 Å². The second-order valence-corrected chi connectivity index (χ2v) is 6.13. The van der Waals surface area contributed by atoms with Gasteiger partial charge in [-0.15, -0.1) is 0 Å². The number of carbonyl (C=O) groups is 2. The summed E-state index contributed by atoms with van der Waals surface area (Å²) < 4.78 is 0. The number of carbonyl (C=O) groups excluding carboxylic acids is 1. The van der Waals surface area contributed by atoms with Crippen molar-refractivity contribution in [2.75, 3.05) is 0 Å². The molecule has 4 heteroatoms. The van der Waals surface area contributed by atoms with E-state index in [0.717, 1.165) is 12.8 Å². The van der Waals surface area contributed by atoms with Crippen molar-refractivity contribution < 1.29 is 14.7 Å². The molecule has 0 aromatic heterocycles. The average Bonchev–Trinajstić information content (AvgIpc) is 2.57. The van der Waals surface area contributed by atoms with Gasteiger partial charge in [-0.2, -0.15) is 0 Å². The lowest BCUT2D eigenvalue weighted by molar-refractivity contribution is -0.138. The molecule has 0 bridgehead atoms. The highest BCUT2D eigenvalue weighted by molar-refractivity contribution is 6.05. The predicted octanol–water partition coefficient (Wildman–Crippen LogP) is 4.13. The standard InChI is InChI=1S/C20H29NO3/c1-2-3-4-5-6-7-8-9-14-19(22)17-13-11-10-12-16(17)15-18(21)20(23)24/h9-14,18H,2-8,15,21H2,1H3,(H,23,24)/b14-9+. The van der Waals surface area contributed by atoms with Crippen molar-refractivity contribution >= 4 is 11.8 Å². The van der Waals surface area contributed by atoms with Gasteiger partial charge >= 0.3 is 5.97 Å². The fraction of sp³-hybridized carbons (Fsp3) is 0.500. The van der Waals surface area contributed by atoms with Gasteiger partial charge in [-0.3, -0.25) is 9.59 Å². The maximum absolute atomic E-state index is 12.3. The number of hydrogen-bond donors (Lipinski definition) is 2. The largest absolute Gasteiger partial charge is 0.480 e. The molecule has 24 heavy (non-hydrogen) atoms. The maximum Gasteiger partial charge on any atom is 0.320 e. The van der Waals surface area contributed by atoms with Crippen molar-refractivity contribution in [1.29, 1.82) is 0 Å². The summed E-state index contributed by atoms with van der Waals surface area (Å²) in [6.45, 7) is 2.20. The Kier molecular flexibility index (Phi) is 9.70. The SMILES string of the molecule is CCCCCCCC/C=C/C(=O)c1ccccc1CC(N)C(=O)O. The molecule has 1 atom stereocenters. The topological polar surface area (TPSA) is 80.4 Å².